The standard InChI is InChI=1S/C16H18F2O3/c1-10-6-13(18)11(7-12(10)17)14(19)8-16(9-15(20)21)4-2-3-5-16/h6-7H,2-5,8-9H2,1H3,(H,20,21). The van der Waals surface area contributed by atoms with Crippen LogP contribution in [0.5, 0.6) is 0 Å². The lowest BCUT2D eigenvalue weighted by atomic mass is 9.77. The highest BCUT2D eigenvalue weighted by atomic mass is 19.1. The summed E-state index contributed by atoms with van der Waals surface area (Å²) in [4.78, 5) is 23.3. The Morgan fingerprint density at radius 1 is 1.14 bits per heavy atom. The molecule has 0 aromatic heterocycles. The summed E-state index contributed by atoms with van der Waals surface area (Å²) in [5.74, 6) is -2.85. The molecule has 0 radical (unpaired) electrons. The lowest BCUT2D eigenvalue weighted by Crippen LogP contribution is -2.25. The van der Waals surface area contributed by atoms with Crippen LogP contribution in [-0.2, 0) is 4.79 Å². The molecule has 5 heteroatoms. The lowest BCUT2D eigenvalue weighted by Gasteiger charge is -2.26. The summed E-state index contributed by atoms with van der Waals surface area (Å²) < 4.78 is 27.4. The van der Waals surface area contributed by atoms with Crippen LogP contribution < -0.4 is 0 Å². The average Bonchev–Trinajstić information content (AvgIpc) is 2.80. The summed E-state index contributed by atoms with van der Waals surface area (Å²) in [6.45, 7) is 1.43. The Morgan fingerprint density at radius 3 is 2.33 bits per heavy atom. The molecule has 1 aliphatic carbocycles. The number of hydrogen-bond acceptors (Lipinski definition) is 2. The number of aryl methyl sites for hydroxylation is 1. The van der Waals surface area contributed by atoms with Gasteiger partial charge in [0.25, 0.3) is 0 Å². The van der Waals surface area contributed by atoms with E-state index in [0.717, 1.165) is 25.0 Å². The highest BCUT2D eigenvalue weighted by molar-refractivity contribution is 5.97. The third-order valence-corrected chi connectivity index (χ3v) is 4.27. The molecule has 1 N–H and O–H groups in total. The van der Waals surface area contributed by atoms with Crippen LogP contribution in [0.25, 0.3) is 0 Å². The van der Waals surface area contributed by atoms with Gasteiger partial charge in [-0.25, -0.2) is 8.78 Å². The van der Waals surface area contributed by atoms with E-state index >= 15 is 0 Å². The molecule has 0 amide bonds. The highest BCUT2D eigenvalue weighted by Gasteiger charge is 2.38. The molecule has 21 heavy (non-hydrogen) atoms. The normalized spacial score (nSPS) is 16.9. The van der Waals surface area contributed by atoms with E-state index < -0.39 is 28.8 Å². The number of hydrogen-bond donors (Lipinski definition) is 1. The molecule has 0 aliphatic heterocycles. The lowest BCUT2D eigenvalue weighted by molar-refractivity contribution is -0.139. The summed E-state index contributed by atoms with van der Waals surface area (Å²) in [5.41, 5.74) is -0.753. The minimum absolute atomic E-state index is 0.0429. The van der Waals surface area contributed by atoms with E-state index in [1.54, 1.807) is 0 Å². The van der Waals surface area contributed by atoms with Crippen LogP contribution in [0.1, 0.15) is 54.4 Å². The second kappa shape index (κ2) is 5.92. The molecule has 0 atom stereocenters. The van der Waals surface area contributed by atoms with Crippen LogP contribution in [0.2, 0.25) is 0 Å². The quantitative estimate of drug-likeness (QED) is 0.839. The van der Waals surface area contributed by atoms with Crippen molar-refractivity contribution in [2.45, 2.75) is 45.4 Å². The largest absolute Gasteiger partial charge is 0.481 e. The Balaban J connectivity index is 2.24. The molecule has 1 aromatic rings. The maximum atomic E-state index is 13.8. The number of carboxylic acids is 1. The van der Waals surface area contributed by atoms with E-state index in [9.17, 15) is 18.4 Å². The second-order valence-corrected chi connectivity index (χ2v) is 5.96. The zero-order chi connectivity index (χ0) is 15.6. The van der Waals surface area contributed by atoms with Gasteiger partial charge in [-0.2, -0.15) is 0 Å². The Hall–Kier alpha value is -1.78. The first kappa shape index (κ1) is 15.6. The van der Waals surface area contributed by atoms with E-state index in [2.05, 4.69) is 0 Å². The second-order valence-electron chi connectivity index (χ2n) is 5.96. The molecule has 1 aliphatic rings. The molecule has 0 saturated heterocycles. The molecular formula is C16H18F2O3. The first-order chi connectivity index (χ1) is 9.83. The van der Waals surface area contributed by atoms with Gasteiger partial charge < -0.3 is 5.11 Å². The van der Waals surface area contributed by atoms with Crippen molar-refractivity contribution in [1.29, 1.82) is 0 Å². The minimum Gasteiger partial charge on any atom is -0.481 e. The van der Waals surface area contributed by atoms with Crippen LogP contribution in [0.15, 0.2) is 12.1 Å². The molecule has 2 rings (SSSR count). The monoisotopic (exact) mass is 296 g/mol. The Labute approximate surface area is 122 Å². The molecule has 0 unspecified atom stereocenters. The maximum Gasteiger partial charge on any atom is 0.303 e. The van der Waals surface area contributed by atoms with Crippen LogP contribution in [-0.4, -0.2) is 16.9 Å². The zero-order valence-electron chi connectivity index (χ0n) is 11.9. The van der Waals surface area contributed by atoms with Crippen LogP contribution in [0.3, 0.4) is 0 Å². The number of halogens is 2. The number of aliphatic carboxylic acids is 1. The SMILES string of the molecule is Cc1cc(F)c(C(=O)CC2(CC(=O)O)CCCC2)cc1F. The van der Waals surface area contributed by atoms with Crippen molar-refractivity contribution in [3.8, 4) is 0 Å². The van der Waals surface area contributed by atoms with Gasteiger partial charge in [-0.3, -0.25) is 9.59 Å². The fourth-order valence-electron chi connectivity index (χ4n) is 3.16. The van der Waals surface area contributed by atoms with Gasteiger partial charge in [-0.05, 0) is 42.9 Å². The molecule has 3 nitrogen and oxygen atoms in total. The molecule has 0 spiro atoms. The molecule has 114 valence electrons. The summed E-state index contributed by atoms with van der Waals surface area (Å²) in [6.07, 6.45) is 2.87. The van der Waals surface area contributed by atoms with Crippen LogP contribution in [0.4, 0.5) is 8.78 Å². The Bertz CT molecular complexity index is 575. The summed E-state index contributed by atoms with van der Waals surface area (Å²) in [6, 6.07) is 1.91. The van der Waals surface area contributed by atoms with Crippen molar-refractivity contribution < 1.29 is 23.5 Å². The van der Waals surface area contributed by atoms with Gasteiger partial charge in [0.15, 0.2) is 5.78 Å². The van der Waals surface area contributed by atoms with Crippen molar-refractivity contribution in [3.63, 3.8) is 0 Å². The Morgan fingerprint density at radius 2 is 1.76 bits per heavy atom. The van der Waals surface area contributed by atoms with Crippen LogP contribution in [0, 0.1) is 24.0 Å². The number of Topliss-reactive ketones (excluding diaryl/α,β-unsaturated/α-hetero) is 1. The predicted molar refractivity (Wildman–Crippen MR) is 73.2 cm³/mol. The number of ketones is 1. The van der Waals surface area contributed by atoms with E-state index in [1.807, 2.05) is 0 Å². The van der Waals surface area contributed by atoms with Crippen molar-refractivity contribution in [3.05, 3.63) is 34.9 Å². The number of rotatable bonds is 5. The van der Waals surface area contributed by atoms with Gasteiger partial charge >= 0.3 is 5.97 Å². The van der Waals surface area contributed by atoms with Crippen LogP contribution >= 0.6 is 0 Å². The number of carboxylic acid groups (broad SMARTS) is 1. The predicted octanol–water partition coefficient (Wildman–Crippen LogP) is 3.88. The molecule has 0 heterocycles. The fourth-order valence-corrected chi connectivity index (χ4v) is 3.16. The Kier molecular flexibility index (Phi) is 4.40. The van der Waals surface area contributed by atoms with Gasteiger partial charge in [0.2, 0.25) is 0 Å². The van der Waals surface area contributed by atoms with E-state index in [0.29, 0.717) is 12.8 Å². The first-order valence-corrected chi connectivity index (χ1v) is 7.04. The number of benzene rings is 1. The third-order valence-electron chi connectivity index (χ3n) is 4.27. The first-order valence-electron chi connectivity index (χ1n) is 7.04. The smallest absolute Gasteiger partial charge is 0.303 e. The fraction of sp³-hybridized carbons (Fsp3) is 0.500. The van der Waals surface area contributed by atoms with Crippen molar-refractivity contribution in [1.82, 2.24) is 0 Å². The summed E-state index contributed by atoms with van der Waals surface area (Å²) in [7, 11) is 0. The van der Waals surface area contributed by atoms with Gasteiger partial charge in [0, 0.05) is 6.42 Å². The minimum atomic E-state index is -0.958. The molecular weight excluding hydrogens is 278 g/mol. The van der Waals surface area contributed by atoms with Gasteiger partial charge in [-0.15, -0.1) is 0 Å². The van der Waals surface area contributed by atoms with Crippen molar-refractivity contribution >= 4 is 11.8 Å². The average molecular weight is 296 g/mol. The van der Waals surface area contributed by atoms with Gasteiger partial charge in [-0.1, -0.05) is 12.8 Å². The highest BCUT2D eigenvalue weighted by Crippen LogP contribution is 2.44. The van der Waals surface area contributed by atoms with E-state index in [1.165, 1.54) is 6.92 Å². The summed E-state index contributed by atoms with van der Waals surface area (Å²) in [5, 5.41) is 9.01. The van der Waals surface area contributed by atoms with Gasteiger partial charge in [0.1, 0.15) is 11.6 Å². The molecule has 1 fully saturated rings. The van der Waals surface area contributed by atoms with Crippen molar-refractivity contribution in [2.75, 3.05) is 0 Å². The third kappa shape index (κ3) is 3.46. The number of carbonyl (C=O) groups is 2. The topological polar surface area (TPSA) is 54.4 Å². The van der Waals surface area contributed by atoms with Crippen molar-refractivity contribution in [2.24, 2.45) is 5.41 Å². The molecule has 1 aromatic carbocycles. The van der Waals surface area contributed by atoms with E-state index in [-0.39, 0.29) is 24.0 Å². The van der Waals surface area contributed by atoms with Gasteiger partial charge in [0.05, 0.1) is 12.0 Å². The summed E-state index contributed by atoms with van der Waals surface area (Å²) >= 11 is 0. The molecule has 1 saturated carbocycles. The molecule has 0 bridgehead atoms. The maximum absolute atomic E-state index is 13.8. The van der Waals surface area contributed by atoms with E-state index in [4.69, 9.17) is 5.11 Å². The zero-order valence-corrected chi connectivity index (χ0v) is 11.9. The number of carbonyl (C=O) groups excluding carboxylic acids is 1.